The van der Waals surface area contributed by atoms with Gasteiger partial charge in [0.1, 0.15) is 0 Å². The van der Waals surface area contributed by atoms with E-state index in [0.717, 1.165) is 11.4 Å². The van der Waals surface area contributed by atoms with Crippen molar-refractivity contribution in [1.29, 1.82) is 0 Å². The molecule has 0 bridgehead atoms. The van der Waals surface area contributed by atoms with Crippen LogP contribution in [0.25, 0.3) is 77.2 Å². The van der Waals surface area contributed by atoms with Gasteiger partial charge < -0.3 is 14.0 Å². The van der Waals surface area contributed by atoms with Crippen molar-refractivity contribution in [3.05, 3.63) is 259 Å². The second-order valence-corrected chi connectivity index (χ2v) is 17.2. The highest BCUT2D eigenvalue weighted by atomic mass is 15.2. The standard InChI is InChI=1S/C61H39N3/c1-3-18-41(19-4-1)62-54-29-13-8-23-47(54)49-38-40(34-37-56(49)62)44-25-17-33-59-60(44)48-24-9-14-30-55(48)64(59)43-35-36-46-45-22-7-10-26-50(45)61(53(46)39-43)51-27-11-15-31-57(51)63(42-20-5-2-6-21-42)58-32-16-12-28-52(58)61/h1-39H. The molecule has 0 unspecified atom stereocenters. The molecule has 3 heterocycles. The lowest BCUT2D eigenvalue weighted by molar-refractivity contribution is 0.752. The third-order valence-corrected chi connectivity index (χ3v) is 14.1. The number of aromatic nitrogens is 2. The Morgan fingerprint density at radius 3 is 1.56 bits per heavy atom. The Labute approximate surface area is 371 Å². The summed E-state index contributed by atoms with van der Waals surface area (Å²) in [5, 5.41) is 5.00. The van der Waals surface area contributed by atoms with Crippen LogP contribution in [0.4, 0.5) is 17.1 Å². The summed E-state index contributed by atoms with van der Waals surface area (Å²) in [5.41, 5.74) is 20.3. The van der Waals surface area contributed by atoms with E-state index in [2.05, 4.69) is 251 Å². The maximum absolute atomic E-state index is 2.50. The van der Waals surface area contributed by atoms with E-state index in [1.807, 2.05) is 0 Å². The normalized spacial score (nSPS) is 13.4. The van der Waals surface area contributed by atoms with Gasteiger partial charge in [0.25, 0.3) is 0 Å². The van der Waals surface area contributed by atoms with Gasteiger partial charge in [-0.2, -0.15) is 0 Å². The number of hydrogen-bond acceptors (Lipinski definition) is 1. The summed E-state index contributed by atoms with van der Waals surface area (Å²) in [7, 11) is 0. The zero-order valence-corrected chi connectivity index (χ0v) is 34.9. The molecular formula is C61H39N3. The lowest BCUT2D eigenvalue weighted by Crippen LogP contribution is -2.36. The lowest BCUT2D eigenvalue weighted by Gasteiger charge is -2.45. The molecule has 0 amide bonds. The van der Waals surface area contributed by atoms with E-state index in [1.54, 1.807) is 0 Å². The predicted molar refractivity (Wildman–Crippen MR) is 266 cm³/mol. The van der Waals surface area contributed by atoms with Crippen molar-refractivity contribution in [1.82, 2.24) is 9.13 Å². The van der Waals surface area contributed by atoms with Crippen LogP contribution in [0, 0.1) is 0 Å². The zero-order valence-electron chi connectivity index (χ0n) is 34.9. The van der Waals surface area contributed by atoms with Crippen LogP contribution in [-0.2, 0) is 5.41 Å². The number of benzene rings is 10. The van der Waals surface area contributed by atoms with Gasteiger partial charge in [0, 0.05) is 38.6 Å². The van der Waals surface area contributed by atoms with Crippen LogP contribution in [-0.4, -0.2) is 9.13 Å². The average Bonchev–Trinajstić information content (AvgIpc) is 3.99. The summed E-state index contributed by atoms with van der Waals surface area (Å²) in [6.07, 6.45) is 0. The van der Waals surface area contributed by atoms with Crippen molar-refractivity contribution in [2.45, 2.75) is 5.41 Å². The van der Waals surface area contributed by atoms with Crippen LogP contribution in [0.15, 0.2) is 237 Å². The Morgan fingerprint density at radius 1 is 0.281 bits per heavy atom. The Kier molecular flexibility index (Phi) is 7.32. The fourth-order valence-electron chi connectivity index (χ4n) is 11.6. The number of hydrogen-bond donors (Lipinski definition) is 0. The largest absolute Gasteiger partial charge is 0.310 e. The second-order valence-electron chi connectivity index (χ2n) is 17.2. The number of nitrogens with zero attached hydrogens (tertiary/aromatic N) is 3. The van der Waals surface area contributed by atoms with Crippen LogP contribution in [0.3, 0.4) is 0 Å². The molecule has 10 aromatic carbocycles. The quantitative estimate of drug-likeness (QED) is 0.172. The first-order valence-corrected chi connectivity index (χ1v) is 22.2. The molecular weight excluding hydrogens is 775 g/mol. The molecule has 64 heavy (non-hydrogen) atoms. The lowest BCUT2D eigenvalue weighted by atomic mass is 9.64. The van der Waals surface area contributed by atoms with E-state index in [9.17, 15) is 0 Å². The summed E-state index contributed by atoms with van der Waals surface area (Å²) in [4.78, 5) is 2.45. The SMILES string of the molecule is c1ccc(N2c3ccccc3C3(c4ccccc4-c4ccc(-n5c6ccccc6c6c(-c7ccc8c(c7)c7ccccc7n8-c7ccccc7)cccc65)cc43)c3ccccc32)cc1. The van der Waals surface area contributed by atoms with E-state index < -0.39 is 5.41 Å². The Morgan fingerprint density at radius 2 is 0.812 bits per heavy atom. The highest BCUT2D eigenvalue weighted by Gasteiger charge is 2.51. The predicted octanol–water partition coefficient (Wildman–Crippen LogP) is 15.7. The van der Waals surface area contributed by atoms with Gasteiger partial charge in [-0.1, -0.05) is 158 Å². The third kappa shape index (κ3) is 4.65. The van der Waals surface area contributed by atoms with Gasteiger partial charge in [-0.05, 0) is 123 Å². The molecule has 2 aromatic heterocycles. The van der Waals surface area contributed by atoms with Gasteiger partial charge in [0.15, 0.2) is 0 Å². The minimum absolute atomic E-state index is 0.543. The van der Waals surface area contributed by atoms with Gasteiger partial charge in [-0.3, -0.25) is 0 Å². The van der Waals surface area contributed by atoms with Gasteiger partial charge >= 0.3 is 0 Å². The highest BCUT2D eigenvalue weighted by Crippen LogP contribution is 2.63. The maximum atomic E-state index is 2.50. The summed E-state index contributed by atoms with van der Waals surface area (Å²) in [5.74, 6) is 0. The molecule has 3 heteroatoms. The van der Waals surface area contributed by atoms with Crippen molar-refractivity contribution in [3.63, 3.8) is 0 Å². The van der Waals surface area contributed by atoms with Crippen molar-refractivity contribution in [3.8, 4) is 33.6 Å². The summed E-state index contributed by atoms with van der Waals surface area (Å²) in [6.45, 7) is 0. The summed E-state index contributed by atoms with van der Waals surface area (Å²) in [6, 6.07) is 87.6. The summed E-state index contributed by atoms with van der Waals surface area (Å²) < 4.78 is 4.89. The highest BCUT2D eigenvalue weighted by molar-refractivity contribution is 6.17. The van der Waals surface area contributed by atoms with Gasteiger partial charge in [-0.25, -0.2) is 0 Å². The molecule has 0 saturated heterocycles. The molecule has 0 radical (unpaired) electrons. The molecule has 0 saturated carbocycles. The zero-order chi connectivity index (χ0) is 41.9. The minimum atomic E-state index is -0.543. The molecule has 14 rings (SSSR count). The Hall–Kier alpha value is -8.40. The van der Waals surface area contributed by atoms with Crippen molar-refractivity contribution >= 4 is 60.7 Å². The molecule has 0 N–H and O–H groups in total. The molecule has 1 aliphatic heterocycles. The second kappa shape index (κ2) is 13.3. The van der Waals surface area contributed by atoms with Crippen LogP contribution >= 0.6 is 0 Å². The van der Waals surface area contributed by atoms with Gasteiger partial charge in [-0.15, -0.1) is 0 Å². The summed E-state index contributed by atoms with van der Waals surface area (Å²) >= 11 is 0. The number of rotatable bonds is 4. The number of para-hydroxylation sites is 6. The molecule has 1 aliphatic carbocycles. The molecule has 298 valence electrons. The van der Waals surface area contributed by atoms with E-state index in [0.29, 0.717) is 0 Å². The van der Waals surface area contributed by atoms with E-state index >= 15 is 0 Å². The van der Waals surface area contributed by atoms with Crippen molar-refractivity contribution < 1.29 is 0 Å². The molecule has 0 fully saturated rings. The van der Waals surface area contributed by atoms with Crippen LogP contribution < -0.4 is 4.90 Å². The molecule has 1 spiro atoms. The van der Waals surface area contributed by atoms with Crippen LogP contribution in [0.5, 0.6) is 0 Å². The Balaban J connectivity index is 1.01. The molecule has 3 nitrogen and oxygen atoms in total. The number of fused-ring (bicyclic) bond motifs is 15. The van der Waals surface area contributed by atoms with Gasteiger partial charge in [0.2, 0.25) is 0 Å². The number of anilines is 3. The molecule has 2 aliphatic rings. The first kappa shape index (κ1) is 35.2. The molecule has 0 atom stereocenters. The van der Waals surface area contributed by atoms with Crippen LogP contribution in [0.2, 0.25) is 0 Å². The maximum Gasteiger partial charge on any atom is 0.0755 e. The average molecular weight is 814 g/mol. The monoisotopic (exact) mass is 813 g/mol. The topological polar surface area (TPSA) is 13.1 Å². The first-order valence-electron chi connectivity index (χ1n) is 22.2. The van der Waals surface area contributed by atoms with E-state index in [4.69, 9.17) is 0 Å². The third-order valence-electron chi connectivity index (χ3n) is 14.1. The van der Waals surface area contributed by atoms with Gasteiger partial charge in [0.05, 0.1) is 38.9 Å². The fraction of sp³-hybridized carbons (Fsp3) is 0.0164. The van der Waals surface area contributed by atoms with E-state index in [1.165, 1.54) is 105 Å². The fourth-order valence-corrected chi connectivity index (χ4v) is 11.6. The molecule has 12 aromatic rings. The van der Waals surface area contributed by atoms with Crippen molar-refractivity contribution in [2.75, 3.05) is 4.90 Å². The van der Waals surface area contributed by atoms with Crippen molar-refractivity contribution in [2.24, 2.45) is 0 Å². The smallest absolute Gasteiger partial charge is 0.0755 e. The van der Waals surface area contributed by atoms with Crippen LogP contribution in [0.1, 0.15) is 22.3 Å². The Bertz CT molecular complexity index is 3810. The van der Waals surface area contributed by atoms with E-state index in [-0.39, 0.29) is 0 Å². The first-order chi connectivity index (χ1) is 31.8. The minimum Gasteiger partial charge on any atom is -0.310 e.